The summed E-state index contributed by atoms with van der Waals surface area (Å²) in [5.41, 5.74) is 0.492. The third-order valence-corrected chi connectivity index (χ3v) is 4.52. The van der Waals surface area contributed by atoms with Crippen LogP contribution >= 0.6 is 0 Å². The maximum absolute atomic E-state index is 12.7. The fourth-order valence-corrected chi connectivity index (χ4v) is 3.17. The third kappa shape index (κ3) is 3.66. The molecule has 1 amide bonds. The number of pyridine rings is 1. The van der Waals surface area contributed by atoms with Crippen LogP contribution in [0.3, 0.4) is 0 Å². The van der Waals surface area contributed by atoms with Gasteiger partial charge in [-0.15, -0.1) is 0 Å². The van der Waals surface area contributed by atoms with Crippen LogP contribution in [-0.4, -0.2) is 34.1 Å². The van der Waals surface area contributed by atoms with Crippen molar-refractivity contribution in [3.05, 3.63) is 69.0 Å². The maximum atomic E-state index is 12.7. The topological polar surface area (TPSA) is 89.2 Å². The molecule has 0 fully saturated rings. The number of aromatic nitrogens is 3. The van der Waals surface area contributed by atoms with Crippen molar-refractivity contribution < 1.29 is 4.79 Å². The molecule has 3 rings (SSSR count). The van der Waals surface area contributed by atoms with Crippen LogP contribution in [-0.2, 0) is 24.4 Å². The number of amides is 1. The van der Waals surface area contributed by atoms with Gasteiger partial charge in [-0.05, 0) is 25.1 Å². The van der Waals surface area contributed by atoms with Crippen LogP contribution in [0, 0.1) is 0 Å². The van der Waals surface area contributed by atoms with E-state index >= 15 is 0 Å². The zero-order valence-electron chi connectivity index (χ0n) is 16.2. The van der Waals surface area contributed by atoms with E-state index in [-0.39, 0.29) is 24.6 Å². The SMILES string of the molecule is CCn1c(=O)c2ccccc2n(CC(=O)NCc2cccnc2N(C)C)c1=O. The van der Waals surface area contributed by atoms with E-state index in [9.17, 15) is 14.4 Å². The van der Waals surface area contributed by atoms with Crippen LogP contribution in [0.2, 0.25) is 0 Å². The van der Waals surface area contributed by atoms with Gasteiger partial charge in [0.25, 0.3) is 5.56 Å². The summed E-state index contributed by atoms with van der Waals surface area (Å²) in [5, 5.41) is 3.25. The molecular weight excluding hydrogens is 358 g/mol. The number of benzene rings is 1. The smallest absolute Gasteiger partial charge is 0.331 e. The molecule has 1 N–H and O–H groups in total. The number of hydrogen-bond acceptors (Lipinski definition) is 5. The normalized spacial score (nSPS) is 10.8. The second-order valence-corrected chi connectivity index (χ2v) is 6.59. The van der Waals surface area contributed by atoms with Crippen LogP contribution in [0.5, 0.6) is 0 Å². The van der Waals surface area contributed by atoms with Crippen molar-refractivity contribution in [1.29, 1.82) is 0 Å². The van der Waals surface area contributed by atoms with Gasteiger partial charge in [-0.2, -0.15) is 0 Å². The number of nitrogens with one attached hydrogen (secondary N) is 1. The van der Waals surface area contributed by atoms with Gasteiger partial charge in [-0.3, -0.25) is 18.7 Å². The van der Waals surface area contributed by atoms with Gasteiger partial charge in [0.05, 0.1) is 10.9 Å². The first-order valence-corrected chi connectivity index (χ1v) is 9.04. The second-order valence-electron chi connectivity index (χ2n) is 6.59. The largest absolute Gasteiger partial charge is 0.362 e. The minimum Gasteiger partial charge on any atom is -0.362 e. The summed E-state index contributed by atoms with van der Waals surface area (Å²) in [4.78, 5) is 43.9. The molecule has 146 valence electrons. The Morgan fingerprint density at radius 3 is 2.57 bits per heavy atom. The van der Waals surface area contributed by atoms with Gasteiger partial charge >= 0.3 is 5.69 Å². The summed E-state index contributed by atoms with van der Waals surface area (Å²) >= 11 is 0. The first kappa shape index (κ1) is 19.3. The van der Waals surface area contributed by atoms with Crippen molar-refractivity contribution in [2.45, 2.75) is 26.6 Å². The van der Waals surface area contributed by atoms with Crippen LogP contribution in [0.15, 0.2) is 52.2 Å². The van der Waals surface area contributed by atoms with Gasteiger partial charge in [0, 0.05) is 38.9 Å². The molecule has 0 aliphatic heterocycles. The molecular formula is C20H23N5O3. The molecule has 0 radical (unpaired) electrons. The highest BCUT2D eigenvalue weighted by Crippen LogP contribution is 2.14. The fraction of sp³-hybridized carbons (Fsp3) is 0.300. The van der Waals surface area contributed by atoms with E-state index in [1.165, 1.54) is 4.57 Å². The van der Waals surface area contributed by atoms with Crippen molar-refractivity contribution in [3.63, 3.8) is 0 Å². The average Bonchev–Trinajstić information content (AvgIpc) is 2.70. The lowest BCUT2D eigenvalue weighted by atomic mass is 10.2. The number of fused-ring (bicyclic) bond motifs is 1. The Bertz CT molecular complexity index is 1130. The zero-order chi connectivity index (χ0) is 20.3. The molecule has 0 saturated carbocycles. The molecule has 8 heteroatoms. The summed E-state index contributed by atoms with van der Waals surface area (Å²) in [6.07, 6.45) is 1.69. The van der Waals surface area contributed by atoms with E-state index in [0.29, 0.717) is 17.4 Å². The number of para-hydroxylation sites is 1. The molecule has 28 heavy (non-hydrogen) atoms. The first-order chi connectivity index (χ1) is 13.4. The minimum atomic E-state index is -0.489. The van der Waals surface area contributed by atoms with Gasteiger partial charge in [0.1, 0.15) is 12.4 Å². The van der Waals surface area contributed by atoms with Crippen molar-refractivity contribution in [2.75, 3.05) is 19.0 Å². The lowest BCUT2D eigenvalue weighted by Crippen LogP contribution is -2.42. The molecule has 0 atom stereocenters. The van der Waals surface area contributed by atoms with Crippen molar-refractivity contribution in [3.8, 4) is 0 Å². The lowest BCUT2D eigenvalue weighted by Gasteiger charge is -2.17. The van der Waals surface area contributed by atoms with E-state index in [2.05, 4.69) is 10.3 Å². The quantitative estimate of drug-likeness (QED) is 0.687. The highest BCUT2D eigenvalue weighted by Gasteiger charge is 2.15. The Morgan fingerprint density at radius 2 is 1.86 bits per heavy atom. The zero-order valence-corrected chi connectivity index (χ0v) is 16.2. The molecule has 0 aliphatic rings. The van der Waals surface area contributed by atoms with E-state index in [1.807, 2.05) is 31.1 Å². The predicted molar refractivity (Wildman–Crippen MR) is 109 cm³/mol. The van der Waals surface area contributed by atoms with Gasteiger partial charge in [-0.1, -0.05) is 18.2 Å². The Hall–Kier alpha value is -3.42. The molecule has 2 aromatic heterocycles. The number of rotatable bonds is 6. The molecule has 0 saturated heterocycles. The average molecular weight is 381 g/mol. The lowest BCUT2D eigenvalue weighted by molar-refractivity contribution is -0.121. The minimum absolute atomic E-state index is 0.169. The molecule has 0 spiro atoms. The van der Waals surface area contributed by atoms with E-state index in [1.54, 1.807) is 37.4 Å². The van der Waals surface area contributed by atoms with Gasteiger partial charge in [0.2, 0.25) is 5.91 Å². The van der Waals surface area contributed by atoms with Crippen molar-refractivity contribution >= 4 is 22.6 Å². The molecule has 0 aliphatic carbocycles. The molecule has 3 aromatic rings. The van der Waals surface area contributed by atoms with Crippen LogP contribution in [0.25, 0.3) is 10.9 Å². The molecule has 1 aromatic carbocycles. The first-order valence-electron chi connectivity index (χ1n) is 9.04. The number of hydrogen-bond donors (Lipinski definition) is 1. The Labute approximate surface area is 162 Å². The Balaban J connectivity index is 1.88. The number of carbonyl (C=O) groups is 1. The second kappa shape index (κ2) is 8.08. The summed E-state index contributed by atoms with van der Waals surface area (Å²) in [6.45, 7) is 2.09. The van der Waals surface area contributed by atoms with Crippen LogP contribution in [0.4, 0.5) is 5.82 Å². The fourth-order valence-electron chi connectivity index (χ4n) is 3.17. The molecule has 2 heterocycles. The molecule has 8 nitrogen and oxygen atoms in total. The van der Waals surface area contributed by atoms with Crippen LogP contribution < -0.4 is 21.5 Å². The van der Waals surface area contributed by atoms with Crippen molar-refractivity contribution in [1.82, 2.24) is 19.4 Å². The summed E-state index contributed by atoms with van der Waals surface area (Å²) in [7, 11) is 3.76. The molecule has 0 unspecified atom stereocenters. The Morgan fingerprint density at radius 1 is 1.11 bits per heavy atom. The Kier molecular flexibility index (Phi) is 5.58. The van der Waals surface area contributed by atoms with Gasteiger partial charge in [-0.25, -0.2) is 9.78 Å². The van der Waals surface area contributed by atoms with Crippen LogP contribution in [0.1, 0.15) is 12.5 Å². The predicted octanol–water partition coefficient (Wildman–Crippen LogP) is 0.960. The summed E-state index contributed by atoms with van der Waals surface area (Å²) in [5.74, 6) is 0.451. The molecule has 0 bridgehead atoms. The highest BCUT2D eigenvalue weighted by atomic mass is 16.2. The number of nitrogens with zero attached hydrogens (tertiary/aromatic N) is 4. The van der Waals surface area contributed by atoms with Gasteiger partial charge < -0.3 is 10.2 Å². The standard InChI is InChI=1S/C20H23N5O3/c1-4-24-19(27)15-9-5-6-10-16(15)25(20(24)28)13-17(26)22-12-14-8-7-11-21-18(14)23(2)3/h5-11H,4,12-13H2,1-3H3,(H,22,26). The van der Waals surface area contributed by atoms with E-state index < -0.39 is 5.69 Å². The summed E-state index contributed by atoms with van der Waals surface area (Å²) < 4.78 is 2.48. The summed E-state index contributed by atoms with van der Waals surface area (Å²) in [6, 6.07) is 10.5. The van der Waals surface area contributed by atoms with Crippen molar-refractivity contribution in [2.24, 2.45) is 0 Å². The monoisotopic (exact) mass is 381 g/mol. The third-order valence-electron chi connectivity index (χ3n) is 4.52. The van der Waals surface area contributed by atoms with Gasteiger partial charge in [0.15, 0.2) is 0 Å². The highest BCUT2D eigenvalue weighted by molar-refractivity contribution is 5.81. The number of anilines is 1. The number of carbonyl (C=O) groups excluding carboxylic acids is 1. The van der Waals surface area contributed by atoms with E-state index in [0.717, 1.165) is 15.9 Å². The van der Waals surface area contributed by atoms with E-state index in [4.69, 9.17) is 0 Å². The maximum Gasteiger partial charge on any atom is 0.331 e.